The molecule has 7 nitrogen and oxygen atoms in total. The van der Waals surface area contributed by atoms with Crippen LogP contribution in [0.3, 0.4) is 0 Å². The quantitative estimate of drug-likeness (QED) is 0.803. The maximum absolute atomic E-state index is 12.9. The number of nitrogens with zero attached hydrogens (tertiary/aromatic N) is 2. The van der Waals surface area contributed by atoms with Gasteiger partial charge in [0.05, 0.1) is 13.7 Å². The second-order valence-electron chi connectivity index (χ2n) is 5.43. The van der Waals surface area contributed by atoms with E-state index >= 15 is 0 Å². The van der Waals surface area contributed by atoms with Gasteiger partial charge in [-0.15, -0.1) is 0 Å². The summed E-state index contributed by atoms with van der Waals surface area (Å²) in [7, 11) is -2.21. The van der Waals surface area contributed by atoms with Crippen LogP contribution in [0.2, 0.25) is 0 Å². The third kappa shape index (κ3) is 3.81. The molecular formula is C16H24N2O5S. The molecule has 1 heterocycles. The topological polar surface area (TPSA) is 76.2 Å². The van der Waals surface area contributed by atoms with Gasteiger partial charge in [0.15, 0.2) is 0 Å². The summed E-state index contributed by atoms with van der Waals surface area (Å²) in [5.74, 6) is 0.333. The Hall–Kier alpha value is -1.80. The highest BCUT2D eigenvalue weighted by Gasteiger charge is 2.32. The van der Waals surface area contributed by atoms with Crippen molar-refractivity contribution in [3.8, 4) is 5.75 Å². The van der Waals surface area contributed by atoms with Gasteiger partial charge in [-0.3, -0.25) is 0 Å². The molecule has 1 fully saturated rings. The Morgan fingerprint density at radius 3 is 2.38 bits per heavy atom. The fourth-order valence-electron chi connectivity index (χ4n) is 2.61. The van der Waals surface area contributed by atoms with Crippen LogP contribution in [0.25, 0.3) is 0 Å². The van der Waals surface area contributed by atoms with Crippen molar-refractivity contribution in [3.63, 3.8) is 0 Å². The number of ether oxygens (including phenoxy) is 2. The van der Waals surface area contributed by atoms with Crippen LogP contribution in [0, 0.1) is 0 Å². The molecule has 0 bridgehead atoms. The van der Waals surface area contributed by atoms with Crippen LogP contribution in [0.4, 0.5) is 4.79 Å². The molecule has 1 aliphatic rings. The zero-order chi connectivity index (χ0) is 17.7. The fourth-order valence-corrected chi connectivity index (χ4v) is 4.24. The average Bonchev–Trinajstić information content (AvgIpc) is 2.61. The number of rotatable bonds is 5. The molecule has 1 amide bonds. The van der Waals surface area contributed by atoms with Crippen LogP contribution >= 0.6 is 0 Å². The van der Waals surface area contributed by atoms with E-state index in [0.717, 1.165) is 12.0 Å². The molecular weight excluding hydrogens is 332 g/mol. The Morgan fingerprint density at radius 2 is 1.83 bits per heavy atom. The molecule has 0 radical (unpaired) electrons. The molecule has 2 rings (SSSR count). The minimum Gasteiger partial charge on any atom is -0.495 e. The van der Waals surface area contributed by atoms with E-state index in [2.05, 4.69) is 0 Å². The number of benzene rings is 1. The molecule has 134 valence electrons. The number of carbonyl (C=O) groups excluding carboxylic acids is 1. The minimum absolute atomic E-state index is 0.175. The molecule has 0 saturated carbocycles. The van der Waals surface area contributed by atoms with Crippen LogP contribution < -0.4 is 4.74 Å². The van der Waals surface area contributed by atoms with Gasteiger partial charge in [-0.2, -0.15) is 4.31 Å². The Bertz CT molecular complexity index is 682. The van der Waals surface area contributed by atoms with Gasteiger partial charge in [0.2, 0.25) is 10.0 Å². The number of piperazine rings is 1. The normalized spacial score (nSPS) is 16.0. The number of hydrogen-bond donors (Lipinski definition) is 0. The summed E-state index contributed by atoms with van der Waals surface area (Å²) in [6.07, 6.45) is 0.337. The minimum atomic E-state index is -3.67. The Kier molecular flexibility index (Phi) is 6.06. The van der Waals surface area contributed by atoms with Gasteiger partial charge < -0.3 is 14.4 Å². The number of aryl methyl sites for hydroxylation is 1. The fraction of sp³-hybridized carbons (Fsp3) is 0.562. The highest BCUT2D eigenvalue weighted by Crippen LogP contribution is 2.28. The lowest BCUT2D eigenvalue weighted by Crippen LogP contribution is -2.50. The van der Waals surface area contributed by atoms with E-state index < -0.39 is 16.1 Å². The lowest BCUT2D eigenvalue weighted by atomic mass is 10.2. The van der Waals surface area contributed by atoms with Crippen molar-refractivity contribution in [3.05, 3.63) is 23.8 Å². The first kappa shape index (κ1) is 18.5. The smallest absolute Gasteiger partial charge is 0.409 e. The van der Waals surface area contributed by atoms with E-state index in [0.29, 0.717) is 25.4 Å². The summed E-state index contributed by atoms with van der Waals surface area (Å²) in [5.41, 5.74) is 0.930. The van der Waals surface area contributed by atoms with Gasteiger partial charge in [-0.1, -0.05) is 13.0 Å². The zero-order valence-electron chi connectivity index (χ0n) is 14.3. The van der Waals surface area contributed by atoms with E-state index in [9.17, 15) is 13.2 Å². The first-order chi connectivity index (χ1) is 11.4. The Labute approximate surface area is 143 Å². The van der Waals surface area contributed by atoms with Gasteiger partial charge in [-0.05, 0) is 31.0 Å². The first-order valence-corrected chi connectivity index (χ1v) is 9.46. The molecule has 0 atom stereocenters. The molecule has 0 spiro atoms. The lowest BCUT2D eigenvalue weighted by molar-refractivity contribution is 0.0934. The maximum Gasteiger partial charge on any atom is 0.409 e. The van der Waals surface area contributed by atoms with Crippen molar-refractivity contribution < 1.29 is 22.7 Å². The predicted molar refractivity (Wildman–Crippen MR) is 89.7 cm³/mol. The number of amides is 1. The summed E-state index contributed by atoms with van der Waals surface area (Å²) in [4.78, 5) is 13.4. The number of hydrogen-bond acceptors (Lipinski definition) is 5. The third-order valence-corrected chi connectivity index (χ3v) is 5.94. The van der Waals surface area contributed by atoms with E-state index in [1.54, 1.807) is 19.1 Å². The Morgan fingerprint density at radius 1 is 1.17 bits per heavy atom. The SMILES string of the molecule is CCOC(=O)N1CCN(S(=O)(=O)c2cc(CC)ccc2OC)CC1. The van der Waals surface area contributed by atoms with Crippen LogP contribution in [0.1, 0.15) is 19.4 Å². The highest BCUT2D eigenvalue weighted by atomic mass is 32.2. The molecule has 24 heavy (non-hydrogen) atoms. The van der Waals surface area contributed by atoms with Crippen molar-refractivity contribution in [2.24, 2.45) is 0 Å². The second kappa shape index (κ2) is 7.85. The van der Waals surface area contributed by atoms with E-state index in [1.165, 1.54) is 16.3 Å². The monoisotopic (exact) mass is 356 g/mol. The molecule has 0 N–H and O–H groups in total. The first-order valence-electron chi connectivity index (χ1n) is 8.02. The number of carbonyl (C=O) groups is 1. The van der Waals surface area contributed by atoms with Gasteiger partial charge in [-0.25, -0.2) is 13.2 Å². The highest BCUT2D eigenvalue weighted by molar-refractivity contribution is 7.89. The summed E-state index contributed by atoms with van der Waals surface area (Å²) >= 11 is 0. The molecule has 1 aromatic carbocycles. The van der Waals surface area contributed by atoms with Crippen molar-refractivity contribution in [2.75, 3.05) is 39.9 Å². The van der Waals surface area contributed by atoms with E-state index in [1.807, 2.05) is 13.0 Å². The van der Waals surface area contributed by atoms with Gasteiger partial charge in [0.1, 0.15) is 10.6 Å². The Balaban J connectivity index is 2.19. The average molecular weight is 356 g/mol. The third-order valence-electron chi connectivity index (χ3n) is 4.02. The van der Waals surface area contributed by atoms with Gasteiger partial charge >= 0.3 is 6.09 Å². The molecule has 0 unspecified atom stereocenters. The van der Waals surface area contributed by atoms with E-state index in [4.69, 9.17) is 9.47 Å². The molecule has 1 saturated heterocycles. The largest absolute Gasteiger partial charge is 0.495 e. The maximum atomic E-state index is 12.9. The summed E-state index contributed by atoms with van der Waals surface area (Å²) in [5, 5.41) is 0. The molecule has 0 aliphatic carbocycles. The van der Waals surface area contributed by atoms with Gasteiger partial charge in [0, 0.05) is 26.2 Å². The second-order valence-corrected chi connectivity index (χ2v) is 7.34. The van der Waals surface area contributed by atoms with Gasteiger partial charge in [0.25, 0.3) is 0 Å². The number of sulfonamides is 1. The van der Waals surface area contributed by atoms with Crippen LogP contribution in [0.5, 0.6) is 5.75 Å². The molecule has 1 aromatic rings. The van der Waals surface area contributed by atoms with Crippen LogP contribution in [-0.2, 0) is 21.2 Å². The van der Waals surface area contributed by atoms with Crippen LogP contribution in [-0.4, -0.2) is 63.6 Å². The summed E-state index contributed by atoms with van der Waals surface area (Å²) < 4.78 is 37.5. The summed E-state index contributed by atoms with van der Waals surface area (Å²) in [6, 6.07) is 5.20. The van der Waals surface area contributed by atoms with Crippen molar-refractivity contribution >= 4 is 16.1 Å². The standard InChI is InChI=1S/C16H24N2O5S/c1-4-13-6-7-14(22-3)15(12-13)24(20,21)18-10-8-17(9-11-18)16(19)23-5-2/h6-7,12H,4-5,8-11H2,1-3H3. The van der Waals surface area contributed by atoms with Crippen molar-refractivity contribution in [2.45, 2.75) is 25.2 Å². The lowest BCUT2D eigenvalue weighted by Gasteiger charge is -2.33. The van der Waals surface area contributed by atoms with E-state index in [-0.39, 0.29) is 18.0 Å². The molecule has 8 heteroatoms. The van der Waals surface area contributed by atoms with Crippen molar-refractivity contribution in [1.82, 2.24) is 9.21 Å². The predicted octanol–water partition coefficient (Wildman–Crippen LogP) is 1.72. The van der Waals surface area contributed by atoms with Crippen molar-refractivity contribution in [1.29, 1.82) is 0 Å². The molecule has 0 aromatic heterocycles. The number of methoxy groups -OCH3 is 1. The summed E-state index contributed by atoms with van der Waals surface area (Å²) in [6.45, 7) is 5.11. The molecule has 1 aliphatic heterocycles. The van der Waals surface area contributed by atoms with Crippen LogP contribution in [0.15, 0.2) is 23.1 Å². The zero-order valence-corrected chi connectivity index (χ0v) is 15.1.